The van der Waals surface area contributed by atoms with Gasteiger partial charge in [-0.2, -0.15) is 0 Å². The SMILES string of the molecule is CCNC(=NCc1cccc(C(N)=O)c1)NC(C)CCCC(C)C. The lowest BCUT2D eigenvalue weighted by Gasteiger charge is -2.18. The summed E-state index contributed by atoms with van der Waals surface area (Å²) < 4.78 is 0. The molecule has 0 aromatic heterocycles. The van der Waals surface area contributed by atoms with Crippen molar-refractivity contribution < 1.29 is 4.79 Å². The maximum absolute atomic E-state index is 11.2. The fourth-order valence-electron chi connectivity index (χ4n) is 2.45. The second-order valence-corrected chi connectivity index (χ2v) is 6.63. The summed E-state index contributed by atoms with van der Waals surface area (Å²) in [6.07, 6.45) is 3.59. The van der Waals surface area contributed by atoms with Crippen LogP contribution in [0.4, 0.5) is 0 Å². The van der Waals surface area contributed by atoms with Crippen molar-refractivity contribution in [2.45, 2.75) is 59.5 Å². The molecule has 0 aliphatic heterocycles. The van der Waals surface area contributed by atoms with E-state index >= 15 is 0 Å². The van der Waals surface area contributed by atoms with Gasteiger partial charge in [0.05, 0.1) is 6.54 Å². The van der Waals surface area contributed by atoms with Crippen molar-refractivity contribution in [3.8, 4) is 0 Å². The number of amides is 1. The third kappa shape index (κ3) is 7.99. The second kappa shape index (κ2) is 10.7. The van der Waals surface area contributed by atoms with Gasteiger partial charge in [-0.15, -0.1) is 0 Å². The lowest BCUT2D eigenvalue weighted by molar-refractivity contribution is 0.1000. The van der Waals surface area contributed by atoms with E-state index < -0.39 is 5.91 Å². The molecule has 24 heavy (non-hydrogen) atoms. The Hall–Kier alpha value is -2.04. The van der Waals surface area contributed by atoms with Crippen molar-refractivity contribution in [3.05, 3.63) is 35.4 Å². The molecule has 0 saturated carbocycles. The number of aliphatic imine (C=N–C) groups is 1. The Morgan fingerprint density at radius 2 is 2.00 bits per heavy atom. The fourth-order valence-corrected chi connectivity index (χ4v) is 2.45. The average Bonchev–Trinajstić information content (AvgIpc) is 2.52. The summed E-state index contributed by atoms with van der Waals surface area (Å²) in [6, 6.07) is 7.67. The van der Waals surface area contributed by atoms with E-state index in [4.69, 9.17) is 5.73 Å². The fraction of sp³-hybridized carbons (Fsp3) is 0.579. The van der Waals surface area contributed by atoms with Gasteiger partial charge in [-0.1, -0.05) is 38.8 Å². The summed E-state index contributed by atoms with van der Waals surface area (Å²) >= 11 is 0. The van der Waals surface area contributed by atoms with Crippen LogP contribution < -0.4 is 16.4 Å². The van der Waals surface area contributed by atoms with E-state index in [0.717, 1.165) is 30.4 Å². The first kappa shape index (κ1) is 20.0. The van der Waals surface area contributed by atoms with E-state index in [0.29, 0.717) is 18.2 Å². The van der Waals surface area contributed by atoms with Crippen LogP contribution in [-0.2, 0) is 6.54 Å². The van der Waals surface area contributed by atoms with Gasteiger partial charge in [0.1, 0.15) is 0 Å². The zero-order valence-corrected chi connectivity index (χ0v) is 15.4. The highest BCUT2D eigenvalue weighted by Gasteiger charge is 2.06. The molecule has 1 unspecified atom stereocenters. The Balaban J connectivity index is 2.61. The molecule has 0 heterocycles. The number of benzene rings is 1. The van der Waals surface area contributed by atoms with E-state index in [1.165, 1.54) is 12.8 Å². The molecule has 5 nitrogen and oxygen atoms in total. The van der Waals surface area contributed by atoms with Gasteiger partial charge in [0.25, 0.3) is 0 Å². The second-order valence-electron chi connectivity index (χ2n) is 6.63. The normalized spacial score (nSPS) is 13.0. The highest BCUT2D eigenvalue weighted by atomic mass is 16.1. The molecule has 0 spiro atoms. The summed E-state index contributed by atoms with van der Waals surface area (Å²) in [5.74, 6) is 1.14. The Labute approximate surface area is 146 Å². The van der Waals surface area contributed by atoms with Gasteiger partial charge >= 0.3 is 0 Å². The summed E-state index contributed by atoms with van der Waals surface area (Å²) in [7, 11) is 0. The third-order valence-electron chi connectivity index (χ3n) is 3.78. The zero-order chi connectivity index (χ0) is 17.9. The monoisotopic (exact) mass is 332 g/mol. The minimum Gasteiger partial charge on any atom is -0.366 e. The molecule has 1 aromatic carbocycles. The molecule has 1 amide bonds. The van der Waals surface area contributed by atoms with Gasteiger partial charge in [0, 0.05) is 18.2 Å². The van der Waals surface area contributed by atoms with Crippen LogP contribution in [0.15, 0.2) is 29.3 Å². The highest BCUT2D eigenvalue weighted by molar-refractivity contribution is 5.92. The molecule has 4 N–H and O–H groups in total. The molecular weight excluding hydrogens is 300 g/mol. The quantitative estimate of drug-likeness (QED) is 0.480. The van der Waals surface area contributed by atoms with E-state index in [-0.39, 0.29) is 0 Å². The summed E-state index contributed by atoms with van der Waals surface area (Å²) in [4.78, 5) is 15.9. The third-order valence-corrected chi connectivity index (χ3v) is 3.78. The number of carbonyl (C=O) groups is 1. The number of hydrogen-bond donors (Lipinski definition) is 3. The molecule has 0 aliphatic rings. The Kier molecular flexibility index (Phi) is 8.90. The molecular formula is C19H32N4O. The van der Waals surface area contributed by atoms with Crippen molar-refractivity contribution in [1.82, 2.24) is 10.6 Å². The average molecular weight is 332 g/mol. The van der Waals surface area contributed by atoms with Gasteiger partial charge in [-0.05, 0) is 43.9 Å². The smallest absolute Gasteiger partial charge is 0.248 e. The van der Waals surface area contributed by atoms with Crippen LogP contribution in [0.2, 0.25) is 0 Å². The lowest BCUT2D eigenvalue weighted by atomic mass is 10.0. The largest absolute Gasteiger partial charge is 0.366 e. The van der Waals surface area contributed by atoms with Crippen LogP contribution in [0.3, 0.4) is 0 Å². The maximum Gasteiger partial charge on any atom is 0.248 e. The molecule has 1 atom stereocenters. The van der Waals surface area contributed by atoms with E-state index in [9.17, 15) is 4.79 Å². The number of hydrogen-bond acceptors (Lipinski definition) is 2. The Bertz CT molecular complexity index is 540. The molecule has 1 rings (SSSR count). The molecule has 0 radical (unpaired) electrons. The number of nitrogens with one attached hydrogen (secondary N) is 2. The minimum absolute atomic E-state index is 0.374. The molecule has 1 aromatic rings. The Morgan fingerprint density at radius 3 is 2.62 bits per heavy atom. The van der Waals surface area contributed by atoms with E-state index in [1.807, 2.05) is 19.1 Å². The predicted molar refractivity (Wildman–Crippen MR) is 101 cm³/mol. The van der Waals surface area contributed by atoms with Gasteiger partial charge in [0.15, 0.2) is 5.96 Å². The van der Waals surface area contributed by atoms with Gasteiger partial charge in [-0.3, -0.25) is 4.79 Å². The van der Waals surface area contributed by atoms with Crippen LogP contribution in [-0.4, -0.2) is 24.5 Å². The van der Waals surface area contributed by atoms with Crippen molar-refractivity contribution in [2.75, 3.05) is 6.54 Å². The molecule has 134 valence electrons. The zero-order valence-electron chi connectivity index (χ0n) is 15.4. The van der Waals surface area contributed by atoms with E-state index in [2.05, 4.69) is 36.4 Å². The Morgan fingerprint density at radius 1 is 1.25 bits per heavy atom. The van der Waals surface area contributed by atoms with Crippen LogP contribution in [0.25, 0.3) is 0 Å². The number of guanidine groups is 1. The van der Waals surface area contributed by atoms with Crippen molar-refractivity contribution >= 4 is 11.9 Å². The van der Waals surface area contributed by atoms with Crippen molar-refractivity contribution in [1.29, 1.82) is 0 Å². The maximum atomic E-state index is 11.2. The molecule has 0 fully saturated rings. The van der Waals surface area contributed by atoms with Crippen LogP contribution >= 0.6 is 0 Å². The van der Waals surface area contributed by atoms with Gasteiger partial charge < -0.3 is 16.4 Å². The van der Waals surface area contributed by atoms with Crippen LogP contribution in [0.1, 0.15) is 62.9 Å². The molecule has 5 heteroatoms. The number of rotatable bonds is 9. The van der Waals surface area contributed by atoms with Crippen molar-refractivity contribution in [2.24, 2.45) is 16.6 Å². The first-order chi connectivity index (χ1) is 11.4. The summed E-state index contributed by atoms with van der Waals surface area (Å²) in [5.41, 5.74) is 6.81. The number of nitrogens with two attached hydrogens (primary N) is 1. The predicted octanol–water partition coefficient (Wildman–Crippen LogP) is 3.06. The number of nitrogens with zero attached hydrogens (tertiary/aromatic N) is 1. The first-order valence-electron chi connectivity index (χ1n) is 8.86. The van der Waals surface area contributed by atoms with Crippen LogP contribution in [0.5, 0.6) is 0 Å². The standard InChI is InChI=1S/C19H32N4O/c1-5-21-19(23-15(4)9-6-8-14(2)3)22-13-16-10-7-11-17(12-16)18(20)24/h7,10-12,14-15H,5-6,8-9,13H2,1-4H3,(H2,20,24)(H2,21,22,23). The minimum atomic E-state index is -0.412. The highest BCUT2D eigenvalue weighted by Crippen LogP contribution is 2.09. The topological polar surface area (TPSA) is 79.5 Å². The first-order valence-corrected chi connectivity index (χ1v) is 8.86. The molecule has 0 bridgehead atoms. The molecule has 0 saturated heterocycles. The van der Waals surface area contributed by atoms with E-state index in [1.54, 1.807) is 12.1 Å². The molecule has 0 aliphatic carbocycles. The number of primary amides is 1. The number of carbonyl (C=O) groups excluding carboxylic acids is 1. The van der Waals surface area contributed by atoms with Crippen molar-refractivity contribution in [3.63, 3.8) is 0 Å². The summed E-state index contributed by atoms with van der Waals surface area (Å²) in [6.45, 7) is 10.1. The lowest BCUT2D eigenvalue weighted by Crippen LogP contribution is -2.42. The van der Waals surface area contributed by atoms with Gasteiger partial charge in [-0.25, -0.2) is 4.99 Å². The summed E-state index contributed by atoms with van der Waals surface area (Å²) in [5, 5.41) is 6.71. The van der Waals surface area contributed by atoms with Crippen LogP contribution in [0, 0.1) is 5.92 Å². The van der Waals surface area contributed by atoms with Gasteiger partial charge in [0.2, 0.25) is 5.91 Å².